The predicted molar refractivity (Wildman–Crippen MR) is 48.1 cm³/mol. The van der Waals surface area contributed by atoms with E-state index in [1.54, 1.807) is 0 Å². The highest BCUT2D eigenvalue weighted by atomic mass is 19.3. The number of hydrogen-bond acceptors (Lipinski definition) is 2. The number of hydrogen-bond donors (Lipinski definition) is 1. The normalized spacial score (nSPS) is 27.1. The van der Waals surface area contributed by atoms with Gasteiger partial charge in [-0.05, 0) is 5.56 Å². The molecule has 1 N–H and O–H groups in total. The number of rotatable bonds is 2. The quantitative estimate of drug-likeness (QED) is 0.785. The largest absolute Gasteiger partial charge is 0.355 e. The van der Waals surface area contributed by atoms with Gasteiger partial charge in [0.05, 0.1) is 12.6 Å². The highest BCUT2D eigenvalue weighted by Crippen LogP contribution is 2.22. The van der Waals surface area contributed by atoms with Crippen molar-refractivity contribution >= 4 is 0 Å². The van der Waals surface area contributed by atoms with Gasteiger partial charge in [-0.25, -0.2) is 8.78 Å². The van der Waals surface area contributed by atoms with Gasteiger partial charge in [-0.3, -0.25) is 5.32 Å². The Hall–Kier alpha value is -1.00. The van der Waals surface area contributed by atoms with Gasteiger partial charge in [-0.15, -0.1) is 0 Å². The van der Waals surface area contributed by atoms with Crippen molar-refractivity contribution in [3.63, 3.8) is 0 Å². The molecule has 1 aromatic rings. The Morgan fingerprint density at radius 1 is 1.29 bits per heavy atom. The molecule has 0 saturated carbocycles. The molecule has 0 amide bonds. The van der Waals surface area contributed by atoms with Gasteiger partial charge in [0, 0.05) is 0 Å². The van der Waals surface area contributed by atoms with E-state index >= 15 is 0 Å². The van der Waals surface area contributed by atoms with Crippen molar-refractivity contribution in [1.82, 2.24) is 5.32 Å². The van der Waals surface area contributed by atoms with Gasteiger partial charge in [0.25, 0.3) is 6.43 Å². The maximum Gasteiger partial charge on any atom is 0.277 e. The molecule has 1 saturated heterocycles. The Morgan fingerprint density at radius 3 is 2.57 bits per heavy atom. The topological polar surface area (TPSA) is 21.3 Å². The van der Waals surface area contributed by atoms with Crippen LogP contribution in [-0.4, -0.2) is 19.3 Å². The maximum absolute atomic E-state index is 12.2. The molecule has 1 aromatic carbocycles. The van der Waals surface area contributed by atoms with E-state index in [9.17, 15) is 8.78 Å². The Balaban J connectivity index is 2.03. The summed E-state index contributed by atoms with van der Waals surface area (Å²) in [5.41, 5.74) is 0.982. The first-order valence-electron chi connectivity index (χ1n) is 4.48. The van der Waals surface area contributed by atoms with Crippen molar-refractivity contribution < 1.29 is 13.5 Å². The molecule has 0 spiro atoms. The van der Waals surface area contributed by atoms with Crippen LogP contribution in [0, 0.1) is 0 Å². The van der Waals surface area contributed by atoms with Crippen molar-refractivity contribution in [2.45, 2.75) is 18.7 Å². The van der Waals surface area contributed by atoms with Crippen molar-refractivity contribution in [3.05, 3.63) is 35.9 Å². The fourth-order valence-corrected chi connectivity index (χ4v) is 1.52. The molecule has 0 bridgehead atoms. The molecule has 4 heteroatoms. The summed E-state index contributed by atoms with van der Waals surface area (Å²) in [6.45, 7) is 0.305. The second kappa shape index (κ2) is 4.02. The highest BCUT2D eigenvalue weighted by Gasteiger charge is 2.31. The molecule has 0 aliphatic carbocycles. The van der Waals surface area contributed by atoms with Gasteiger partial charge in [-0.2, -0.15) is 0 Å². The van der Waals surface area contributed by atoms with Crippen LogP contribution < -0.4 is 5.32 Å². The smallest absolute Gasteiger partial charge is 0.277 e. The first-order chi connectivity index (χ1) is 6.77. The lowest BCUT2D eigenvalue weighted by Crippen LogP contribution is -2.31. The van der Waals surface area contributed by atoms with Crippen LogP contribution in [-0.2, 0) is 4.74 Å². The van der Waals surface area contributed by atoms with Gasteiger partial charge in [-0.1, -0.05) is 30.3 Å². The Kier molecular flexibility index (Phi) is 2.74. The maximum atomic E-state index is 12.2. The van der Waals surface area contributed by atoms with E-state index < -0.39 is 12.7 Å². The van der Waals surface area contributed by atoms with Crippen LogP contribution in [0.3, 0.4) is 0 Å². The fourth-order valence-electron chi connectivity index (χ4n) is 1.52. The number of alkyl halides is 2. The SMILES string of the molecule is FC(F)[C@H]1N[C@H](c2ccccc2)CO1. The number of ether oxygens (including phenoxy) is 1. The van der Waals surface area contributed by atoms with E-state index in [1.807, 2.05) is 30.3 Å². The molecular weight excluding hydrogens is 188 g/mol. The van der Waals surface area contributed by atoms with Crippen LogP contribution >= 0.6 is 0 Å². The molecule has 1 fully saturated rings. The zero-order valence-corrected chi connectivity index (χ0v) is 7.49. The highest BCUT2D eigenvalue weighted by molar-refractivity contribution is 5.19. The molecule has 1 heterocycles. The van der Waals surface area contributed by atoms with E-state index in [0.29, 0.717) is 6.61 Å². The zero-order valence-electron chi connectivity index (χ0n) is 7.49. The van der Waals surface area contributed by atoms with Crippen LogP contribution in [0.5, 0.6) is 0 Å². The lowest BCUT2D eigenvalue weighted by molar-refractivity contribution is -0.0315. The third kappa shape index (κ3) is 1.91. The lowest BCUT2D eigenvalue weighted by atomic mass is 10.1. The summed E-state index contributed by atoms with van der Waals surface area (Å²) in [5, 5.41) is 2.73. The summed E-state index contributed by atoms with van der Waals surface area (Å²) in [5.74, 6) is 0. The van der Waals surface area contributed by atoms with Gasteiger partial charge < -0.3 is 4.74 Å². The third-order valence-corrected chi connectivity index (χ3v) is 2.24. The molecule has 0 aromatic heterocycles. The third-order valence-electron chi connectivity index (χ3n) is 2.24. The molecule has 76 valence electrons. The fraction of sp³-hybridized carbons (Fsp3) is 0.400. The van der Waals surface area contributed by atoms with E-state index in [-0.39, 0.29) is 6.04 Å². The second-order valence-electron chi connectivity index (χ2n) is 3.22. The minimum absolute atomic E-state index is 0.116. The Labute approximate surface area is 80.9 Å². The molecular formula is C10H11F2NO. The average Bonchev–Trinajstić information content (AvgIpc) is 2.68. The Bertz CT molecular complexity index is 291. The van der Waals surface area contributed by atoms with Gasteiger partial charge >= 0.3 is 0 Å². The van der Waals surface area contributed by atoms with Crippen LogP contribution in [0.2, 0.25) is 0 Å². The average molecular weight is 199 g/mol. The minimum atomic E-state index is -2.47. The molecule has 2 rings (SSSR count). The summed E-state index contributed by atoms with van der Waals surface area (Å²) in [6.07, 6.45) is -3.59. The summed E-state index contributed by atoms with van der Waals surface area (Å²) >= 11 is 0. The summed E-state index contributed by atoms with van der Waals surface area (Å²) in [6, 6.07) is 9.34. The van der Waals surface area contributed by atoms with E-state index in [0.717, 1.165) is 5.56 Å². The predicted octanol–water partition coefficient (Wildman–Crippen LogP) is 1.94. The lowest BCUT2D eigenvalue weighted by Gasteiger charge is -2.11. The van der Waals surface area contributed by atoms with Crippen LogP contribution in [0.4, 0.5) is 8.78 Å². The molecule has 0 radical (unpaired) electrons. The van der Waals surface area contributed by atoms with Crippen molar-refractivity contribution in [1.29, 1.82) is 0 Å². The first kappa shape index (κ1) is 9.55. The molecule has 0 unspecified atom stereocenters. The first-order valence-corrected chi connectivity index (χ1v) is 4.48. The monoisotopic (exact) mass is 199 g/mol. The van der Waals surface area contributed by atoms with Crippen molar-refractivity contribution in [3.8, 4) is 0 Å². The van der Waals surface area contributed by atoms with Crippen LogP contribution in [0.25, 0.3) is 0 Å². The zero-order chi connectivity index (χ0) is 9.97. The number of nitrogens with one attached hydrogen (secondary N) is 1. The van der Waals surface area contributed by atoms with Gasteiger partial charge in [0.1, 0.15) is 0 Å². The molecule has 1 aliphatic heterocycles. The number of benzene rings is 1. The van der Waals surface area contributed by atoms with Crippen LogP contribution in [0.15, 0.2) is 30.3 Å². The minimum Gasteiger partial charge on any atom is -0.355 e. The van der Waals surface area contributed by atoms with E-state index in [2.05, 4.69) is 5.32 Å². The van der Waals surface area contributed by atoms with E-state index in [4.69, 9.17) is 4.74 Å². The summed E-state index contributed by atoms with van der Waals surface area (Å²) in [4.78, 5) is 0. The van der Waals surface area contributed by atoms with E-state index in [1.165, 1.54) is 0 Å². The Morgan fingerprint density at radius 2 is 2.00 bits per heavy atom. The van der Waals surface area contributed by atoms with Crippen LogP contribution in [0.1, 0.15) is 11.6 Å². The molecule has 1 aliphatic rings. The second-order valence-corrected chi connectivity index (χ2v) is 3.22. The molecule has 14 heavy (non-hydrogen) atoms. The van der Waals surface area contributed by atoms with Crippen molar-refractivity contribution in [2.75, 3.05) is 6.61 Å². The standard InChI is InChI=1S/C10H11F2NO/c11-9(12)10-13-8(6-14-10)7-4-2-1-3-5-7/h1-5,8-10,13H,6H2/t8-,10-/m0/s1. The molecule has 2 nitrogen and oxygen atoms in total. The summed E-state index contributed by atoms with van der Waals surface area (Å²) in [7, 11) is 0. The van der Waals surface area contributed by atoms with Gasteiger partial charge in [0.15, 0.2) is 6.23 Å². The number of halogens is 2. The summed E-state index contributed by atoms with van der Waals surface area (Å²) < 4.78 is 29.4. The van der Waals surface area contributed by atoms with Gasteiger partial charge in [0.2, 0.25) is 0 Å². The molecule has 2 atom stereocenters. The van der Waals surface area contributed by atoms with Crippen molar-refractivity contribution in [2.24, 2.45) is 0 Å².